The smallest absolute Gasteiger partial charge is 0.351 e. The third-order valence-electron chi connectivity index (χ3n) is 5.83. The zero-order valence-electron chi connectivity index (χ0n) is 20.5. The summed E-state index contributed by atoms with van der Waals surface area (Å²) in [6, 6.07) is 21.2. The number of carbonyl (C=O) groups is 1. The molecular formula is C28H25BrCl2F3N3O. The van der Waals surface area contributed by atoms with Crippen LogP contribution in [0.1, 0.15) is 15.9 Å². The van der Waals surface area contributed by atoms with Gasteiger partial charge in [-0.3, -0.25) is 4.79 Å². The fourth-order valence-electron chi connectivity index (χ4n) is 4.02. The first-order valence-corrected chi connectivity index (χ1v) is 12.6. The lowest BCUT2D eigenvalue weighted by molar-refractivity contribution is -0.137. The van der Waals surface area contributed by atoms with Gasteiger partial charge in [0.25, 0.3) is 5.91 Å². The van der Waals surface area contributed by atoms with E-state index < -0.39 is 11.7 Å². The van der Waals surface area contributed by atoms with Gasteiger partial charge in [0.1, 0.15) is 0 Å². The van der Waals surface area contributed by atoms with E-state index in [9.17, 15) is 18.0 Å². The number of hydrogen-bond donors (Lipinski definition) is 1. The fraction of sp³-hybridized carbons (Fsp3) is 0.179. The highest BCUT2D eigenvalue weighted by Crippen LogP contribution is 2.40. The Labute approximate surface area is 239 Å². The Balaban J connectivity index is 0.00000400. The van der Waals surface area contributed by atoms with Gasteiger partial charge in [-0.1, -0.05) is 57.9 Å². The summed E-state index contributed by atoms with van der Waals surface area (Å²) in [7, 11) is 3.81. The van der Waals surface area contributed by atoms with Crippen molar-refractivity contribution in [1.29, 1.82) is 0 Å². The Morgan fingerprint density at radius 1 is 0.947 bits per heavy atom. The lowest BCUT2D eigenvalue weighted by Crippen LogP contribution is -2.31. The van der Waals surface area contributed by atoms with Crippen LogP contribution in [0.3, 0.4) is 0 Å². The number of aromatic nitrogens is 1. The molecule has 0 aliphatic carbocycles. The van der Waals surface area contributed by atoms with E-state index in [0.29, 0.717) is 35.6 Å². The summed E-state index contributed by atoms with van der Waals surface area (Å²) >= 11 is 9.90. The van der Waals surface area contributed by atoms with Crippen molar-refractivity contribution in [2.45, 2.75) is 6.18 Å². The highest BCUT2D eigenvalue weighted by Gasteiger charge is 2.34. The summed E-state index contributed by atoms with van der Waals surface area (Å²) in [5, 5.41) is 3.03. The molecule has 0 unspecified atom stereocenters. The molecule has 0 aliphatic rings. The number of para-hydroxylation sites is 1. The van der Waals surface area contributed by atoms with E-state index in [4.69, 9.17) is 11.6 Å². The summed E-state index contributed by atoms with van der Waals surface area (Å²) in [4.78, 5) is 14.6. The third-order valence-corrected chi connectivity index (χ3v) is 6.67. The Morgan fingerprint density at radius 2 is 1.55 bits per heavy atom. The number of rotatable bonds is 7. The molecule has 10 heteroatoms. The van der Waals surface area contributed by atoms with Gasteiger partial charge < -0.3 is 14.8 Å². The third kappa shape index (κ3) is 6.61. The van der Waals surface area contributed by atoms with Crippen molar-refractivity contribution >= 4 is 45.8 Å². The molecule has 1 aromatic heterocycles. The largest absolute Gasteiger partial charge is 0.418 e. The minimum atomic E-state index is -4.55. The second-order valence-electron chi connectivity index (χ2n) is 8.71. The molecule has 4 rings (SSSR count). The van der Waals surface area contributed by atoms with Crippen LogP contribution in [-0.4, -0.2) is 42.6 Å². The Bertz CT molecular complexity index is 1420. The van der Waals surface area contributed by atoms with E-state index in [-0.39, 0.29) is 29.0 Å². The molecule has 0 aliphatic heterocycles. The van der Waals surface area contributed by atoms with Gasteiger partial charge in [-0.25, -0.2) is 0 Å². The van der Waals surface area contributed by atoms with Gasteiger partial charge >= 0.3 is 6.18 Å². The summed E-state index contributed by atoms with van der Waals surface area (Å²) in [5.74, 6) is -0.313. The van der Waals surface area contributed by atoms with Crippen molar-refractivity contribution < 1.29 is 18.0 Å². The van der Waals surface area contributed by atoms with E-state index >= 15 is 0 Å². The van der Waals surface area contributed by atoms with Gasteiger partial charge in [0.2, 0.25) is 0 Å². The van der Waals surface area contributed by atoms with Crippen molar-refractivity contribution in [2.24, 2.45) is 0 Å². The van der Waals surface area contributed by atoms with Crippen molar-refractivity contribution in [2.75, 3.05) is 27.2 Å². The predicted octanol–water partition coefficient (Wildman–Crippen LogP) is 7.96. The van der Waals surface area contributed by atoms with Crippen LogP contribution in [0.15, 0.2) is 83.3 Å². The van der Waals surface area contributed by atoms with Gasteiger partial charge in [-0.15, -0.1) is 12.4 Å². The number of likely N-dealkylation sites (N-methyl/N-ethyl adjacent to an activating group) is 1. The quantitative estimate of drug-likeness (QED) is 0.226. The molecule has 38 heavy (non-hydrogen) atoms. The average Bonchev–Trinajstić information content (AvgIpc) is 3.28. The van der Waals surface area contributed by atoms with E-state index in [2.05, 4.69) is 21.2 Å². The number of benzene rings is 3. The van der Waals surface area contributed by atoms with Gasteiger partial charge in [0.15, 0.2) is 0 Å². The monoisotopic (exact) mass is 625 g/mol. The lowest BCUT2D eigenvalue weighted by atomic mass is 10.1. The first-order valence-electron chi connectivity index (χ1n) is 11.4. The van der Waals surface area contributed by atoms with Gasteiger partial charge in [0, 0.05) is 23.1 Å². The summed E-state index contributed by atoms with van der Waals surface area (Å²) in [6.45, 7) is 1.13. The van der Waals surface area contributed by atoms with Crippen LogP contribution < -0.4 is 5.32 Å². The van der Waals surface area contributed by atoms with Crippen LogP contribution in [-0.2, 0) is 6.18 Å². The van der Waals surface area contributed by atoms with Crippen LogP contribution in [0.2, 0.25) is 5.02 Å². The minimum Gasteiger partial charge on any atom is -0.351 e. The molecule has 1 N–H and O–H groups in total. The van der Waals surface area contributed by atoms with Gasteiger partial charge in [-0.05, 0) is 68.2 Å². The molecule has 200 valence electrons. The van der Waals surface area contributed by atoms with Crippen LogP contribution in [0, 0.1) is 0 Å². The molecule has 4 nitrogen and oxygen atoms in total. The molecule has 4 aromatic rings. The maximum absolute atomic E-state index is 14.0. The maximum Gasteiger partial charge on any atom is 0.418 e. The molecule has 0 fully saturated rings. The topological polar surface area (TPSA) is 37.3 Å². The molecule has 0 bridgehead atoms. The Kier molecular flexibility index (Phi) is 9.70. The normalized spacial score (nSPS) is 11.4. The summed E-state index contributed by atoms with van der Waals surface area (Å²) in [6.07, 6.45) is -4.55. The number of nitrogens with one attached hydrogen (secondary N) is 1. The molecular weight excluding hydrogens is 602 g/mol. The minimum absolute atomic E-state index is 0. The molecule has 0 saturated carbocycles. The number of carbonyl (C=O) groups excluding carboxylic acids is 1. The zero-order valence-corrected chi connectivity index (χ0v) is 23.7. The van der Waals surface area contributed by atoms with Crippen LogP contribution in [0.4, 0.5) is 13.2 Å². The maximum atomic E-state index is 14.0. The van der Waals surface area contributed by atoms with Crippen molar-refractivity contribution in [1.82, 2.24) is 14.8 Å². The number of halogens is 6. The van der Waals surface area contributed by atoms with Crippen LogP contribution >= 0.6 is 39.9 Å². The van der Waals surface area contributed by atoms with Crippen LogP contribution in [0.5, 0.6) is 0 Å². The van der Waals surface area contributed by atoms with E-state index in [0.717, 1.165) is 16.1 Å². The van der Waals surface area contributed by atoms with Gasteiger partial charge in [-0.2, -0.15) is 13.2 Å². The molecule has 0 atom stereocenters. The lowest BCUT2D eigenvalue weighted by Gasteiger charge is -2.19. The van der Waals surface area contributed by atoms with Crippen molar-refractivity contribution in [3.05, 3.63) is 99.5 Å². The standard InChI is InChI=1S/C28H24BrClF3N3O.ClH/c1-35(2)16-15-34-27(37)21-12-9-19(17-23(21)30)25-14-13-24(18-7-10-20(29)11-8-18)36(25)26-6-4-3-5-22(26)28(31,32)33;/h3-14,17H,15-16H2,1-2H3,(H,34,37);1H. The average molecular weight is 627 g/mol. The second-order valence-corrected chi connectivity index (χ2v) is 10.0. The summed E-state index contributed by atoms with van der Waals surface area (Å²) in [5.41, 5.74) is 1.95. The molecule has 1 heterocycles. The first kappa shape index (κ1) is 29.8. The van der Waals surface area contributed by atoms with E-state index in [1.807, 2.05) is 43.3 Å². The SMILES string of the molecule is CN(C)CCNC(=O)c1ccc(-c2ccc(-c3ccc(Br)cc3)n2-c2ccccc2C(F)(F)F)cc1Cl.Cl. The second kappa shape index (κ2) is 12.4. The molecule has 0 saturated heterocycles. The highest BCUT2D eigenvalue weighted by atomic mass is 79.9. The summed E-state index contributed by atoms with van der Waals surface area (Å²) < 4.78 is 44.5. The highest BCUT2D eigenvalue weighted by molar-refractivity contribution is 9.10. The number of hydrogen-bond acceptors (Lipinski definition) is 2. The first-order chi connectivity index (χ1) is 17.6. The van der Waals surface area contributed by atoms with E-state index in [1.54, 1.807) is 41.0 Å². The van der Waals surface area contributed by atoms with Gasteiger partial charge in [0.05, 0.1) is 33.2 Å². The number of amides is 1. The van der Waals surface area contributed by atoms with E-state index in [1.165, 1.54) is 12.1 Å². The fourth-order valence-corrected chi connectivity index (χ4v) is 4.55. The number of alkyl halides is 3. The zero-order chi connectivity index (χ0) is 26.7. The molecule has 1 amide bonds. The predicted molar refractivity (Wildman–Crippen MR) is 152 cm³/mol. The number of nitrogens with zero attached hydrogens (tertiary/aromatic N) is 2. The van der Waals surface area contributed by atoms with Crippen LogP contribution in [0.25, 0.3) is 28.2 Å². The molecule has 3 aromatic carbocycles. The molecule has 0 spiro atoms. The van der Waals surface area contributed by atoms with Crippen molar-refractivity contribution in [3.8, 4) is 28.2 Å². The molecule has 0 radical (unpaired) electrons. The Hall–Kier alpha value is -2.78. The van der Waals surface area contributed by atoms with Crippen molar-refractivity contribution in [3.63, 3.8) is 0 Å². The Morgan fingerprint density at radius 3 is 2.16 bits per heavy atom.